The van der Waals surface area contributed by atoms with Crippen LogP contribution in [0.15, 0.2) is 42.6 Å². The second-order valence-corrected chi connectivity index (χ2v) is 7.64. The Morgan fingerprint density at radius 1 is 1.08 bits per heavy atom. The highest BCUT2D eigenvalue weighted by Gasteiger charge is 2.33. The van der Waals surface area contributed by atoms with Crippen molar-refractivity contribution in [1.82, 2.24) is 30.1 Å². The number of nitrogens with one attached hydrogen (secondary N) is 1. The van der Waals surface area contributed by atoms with Crippen LogP contribution in [-0.4, -0.2) is 36.6 Å². The molecule has 6 nitrogen and oxygen atoms in total. The van der Waals surface area contributed by atoms with Gasteiger partial charge in [0, 0.05) is 25.0 Å². The molecule has 130 valence electrons. The third kappa shape index (κ3) is 2.98. The highest BCUT2D eigenvalue weighted by Crippen LogP contribution is 2.32. The standard InChI is InChI=1S/C19H24N6/c1-19(2,3)25-18(21-22-23-25)17(16-9-6-11-20-16)24-12-10-14-7-4-5-8-15(14)13-24/h4-9,11,17,20H,10,12-13H2,1-3H3. The molecule has 1 aromatic carbocycles. The summed E-state index contributed by atoms with van der Waals surface area (Å²) < 4.78 is 1.94. The summed E-state index contributed by atoms with van der Waals surface area (Å²) in [4.78, 5) is 5.84. The number of hydrogen-bond acceptors (Lipinski definition) is 4. The van der Waals surface area contributed by atoms with Gasteiger partial charge < -0.3 is 4.98 Å². The number of rotatable bonds is 3. The molecule has 0 aliphatic carbocycles. The first kappa shape index (κ1) is 16.0. The fourth-order valence-electron chi connectivity index (χ4n) is 3.59. The molecule has 1 unspecified atom stereocenters. The van der Waals surface area contributed by atoms with Crippen molar-refractivity contribution in [1.29, 1.82) is 0 Å². The summed E-state index contributed by atoms with van der Waals surface area (Å²) in [6, 6.07) is 12.9. The highest BCUT2D eigenvalue weighted by molar-refractivity contribution is 5.30. The zero-order valence-electron chi connectivity index (χ0n) is 15.0. The van der Waals surface area contributed by atoms with Crippen LogP contribution >= 0.6 is 0 Å². The average Bonchev–Trinajstić information content (AvgIpc) is 3.27. The number of aromatic amines is 1. The second-order valence-electron chi connectivity index (χ2n) is 7.64. The molecule has 25 heavy (non-hydrogen) atoms. The molecule has 1 aliphatic heterocycles. The molecule has 1 atom stereocenters. The van der Waals surface area contributed by atoms with E-state index in [0.717, 1.165) is 31.0 Å². The fourth-order valence-corrected chi connectivity index (χ4v) is 3.59. The minimum atomic E-state index is -0.169. The van der Waals surface area contributed by atoms with Crippen LogP contribution in [0.4, 0.5) is 0 Å². The highest BCUT2D eigenvalue weighted by atomic mass is 15.6. The summed E-state index contributed by atoms with van der Waals surface area (Å²) >= 11 is 0. The smallest absolute Gasteiger partial charge is 0.175 e. The fraction of sp³-hybridized carbons (Fsp3) is 0.421. The summed E-state index contributed by atoms with van der Waals surface area (Å²) in [5, 5.41) is 12.7. The van der Waals surface area contributed by atoms with Gasteiger partial charge in [-0.25, -0.2) is 4.68 Å². The molecule has 1 N–H and O–H groups in total. The molecule has 2 aromatic heterocycles. The van der Waals surface area contributed by atoms with Crippen LogP contribution in [0.25, 0.3) is 0 Å². The summed E-state index contributed by atoms with van der Waals surface area (Å²) in [7, 11) is 0. The predicted molar refractivity (Wildman–Crippen MR) is 96.0 cm³/mol. The zero-order valence-corrected chi connectivity index (χ0v) is 15.0. The van der Waals surface area contributed by atoms with E-state index in [-0.39, 0.29) is 11.6 Å². The van der Waals surface area contributed by atoms with Gasteiger partial charge in [-0.1, -0.05) is 24.3 Å². The van der Waals surface area contributed by atoms with Crippen molar-refractivity contribution >= 4 is 0 Å². The summed E-state index contributed by atoms with van der Waals surface area (Å²) in [5.74, 6) is 0.884. The van der Waals surface area contributed by atoms with E-state index in [1.54, 1.807) is 0 Å². The maximum Gasteiger partial charge on any atom is 0.175 e. The number of aromatic nitrogens is 5. The van der Waals surface area contributed by atoms with Crippen molar-refractivity contribution < 1.29 is 0 Å². The lowest BCUT2D eigenvalue weighted by Crippen LogP contribution is -2.38. The Balaban J connectivity index is 1.76. The third-order valence-corrected chi connectivity index (χ3v) is 4.82. The minimum absolute atomic E-state index is 0.0116. The monoisotopic (exact) mass is 336 g/mol. The molecule has 1 aliphatic rings. The van der Waals surface area contributed by atoms with E-state index in [1.807, 2.05) is 16.9 Å². The predicted octanol–water partition coefficient (Wildman–Crippen LogP) is 2.90. The molecule has 0 bridgehead atoms. The van der Waals surface area contributed by atoms with Gasteiger partial charge in [-0.15, -0.1) is 5.10 Å². The first-order valence-electron chi connectivity index (χ1n) is 8.77. The van der Waals surface area contributed by atoms with Gasteiger partial charge in [0.05, 0.1) is 5.54 Å². The van der Waals surface area contributed by atoms with Crippen LogP contribution in [0.1, 0.15) is 49.5 Å². The van der Waals surface area contributed by atoms with E-state index in [2.05, 4.69) is 76.5 Å². The van der Waals surface area contributed by atoms with Gasteiger partial charge in [-0.3, -0.25) is 4.90 Å². The number of benzene rings is 1. The van der Waals surface area contributed by atoms with Crippen molar-refractivity contribution in [3.05, 3.63) is 65.2 Å². The lowest BCUT2D eigenvalue weighted by atomic mass is 9.97. The number of fused-ring (bicyclic) bond motifs is 1. The maximum absolute atomic E-state index is 4.41. The Hall–Kier alpha value is -2.47. The van der Waals surface area contributed by atoms with Gasteiger partial charge in [-0.05, 0) is 60.9 Å². The normalized spacial score (nSPS) is 16.6. The number of nitrogens with zero attached hydrogens (tertiary/aromatic N) is 5. The van der Waals surface area contributed by atoms with Crippen LogP contribution < -0.4 is 0 Å². The Kier molecular flexibility index (Phi) is 3.92. The molecule has 0 radical (unpaired) electrons. The van der Waals surface area contributed by atoms with Crippen LogP contribution in [0.3, 0.4) is 0 Å². The molecule has 6 heteroatoms. The molecule has 0 amide bonds. The lowest BCUT2D eigenvalue weighted by molar-refractivity contribution is 0.183. The Morgan fingerprint density at radius 2 is 1.88 bits per heavy atom. The Labute approximate surface area is 147 Å². The first-order chi connectivity index (χ1) is 12.0. The van der Waals surface area contributed by atoms with Crippen molar-refractivity contribution in [2.45, 2.75) is 45.3 Å². The van der Waals surface area contributed by atoms with Crippen molar-refractivity contribution in [3.63, 3.8) is 0 Å². The molecule has 0 fully saturated rings. The first-order valence-corrected chi connectivity index (χ1v) is 8.77. The topological polar surface area (TPSA) is 62.6 Å². The molecule has 0 saturated carbocycles. The molecule has 4 rings (SSSR count). The van der Waals surface area contributed by atoms with Crippen molar-refractivity contribution in [3.8, 4) is 0 Å². The summed E-state index contributed by atoms with van der Waals surface area (Å²) in [6.07, 6.45) is 3.01. The maximum atomic E-state index is 4.41. The number of H-pyrrole nitrogens is 1. The van der Waals surface area contributed by atoms with Gasteiger partial charge in [0.1, 0.15) is 6.04 Å². The molecular formula is C19H24N6. The number of tetrazole rings is 1. The largest absolute Gasteiger partial charge is 0.363 e. The Bertz CT molecular complexity index is 843. The van der Waals surface area contributed by atoms with Crippen LogP contribution in [0.2, 0.25) is 0 Å². The van der Waals surface area contributed by atoms with Crippen LogP contribution in [-0.2, 0) is 18.5 Å². The second kappa shape index (κ2) is 6.11. The van der Waals surface area contributed by atoms with Gasteiger partial charge in [-0.2, -0.15) is 0 Å². The summed E-state index contributed by atoms with van der Waals surface area (Å²) in [5.41, 5.74) is 3.79. The Morgan fingerprint density at radius 3 is 2.60 bits per heavy atom. The van der Waals surface area contributed by atoms with Crippen molar-refractivity contribution in [2.24, 2.45) is 0 Å². The van der Waals surface area contributed by atoms with Crippen molar-refractivity contribution in [2.75, 3.05) is 6.54 Å². The molecule has 0 spiro atoms. The van der Waals surface area contributed by atoms with E-state index >= 15 is 0 Å². The zero-order chi connectivity index (χ0) is 17.4. The van der Waals surface area contributed by atoms with E-state index in [4.69, 9.17) is 0 Å². The van der Waals surface area contributed by atoms with Gasteiger partial charge in [0.25, 0.3) is 0 Å². The molecule has 3 heterocycles. The van der Waals surface area contributed by atoms with Gasteiger partial charge in [0.15, 0.2) is 5.82 Å². The molecule has 3 aromatic rings. The van der Waals surface area contributed by atoms with E-state index in [1.165, 1.54) is 11.1 Å². The van der Waals surface area contributed by atoms with Gasteiger partial charge in [0.2, 0.25) is 0 Å². The van der Waals surface area contributed by atoms with Crippen LogP contribution in [0.5, 0.6) is 0 Å². The molecule has 0 saturated heterocycles. The summed E-state index contributed by atoms with van der Waals surface area (Å²) in [6.45, 7) is 8.27. The van der Waals surface area contributed by atoms with E-state index in [0.29, 0.717) is 0 Å². The minimum Gasteiger partial charge on any atom is -0.363 e. The van der Waals surface area contributed by atoms with E-state index < -0.39 is 0 Å². The molecular weight excluding hydrogens is 312 g/mol. The quantitative estimate of drug-likeness (QED) is 0.799. The SMILES string of the molecule is CC(C)(C)n1nnnc1C(c1ccc[nH]1)N1CCc2ccccc2C1. The lowest BCUT2D eigenvalue weighted by Gasteiger charge is -2.35. The third-order valence-electron chi connectivity index (χ3n) is 4.82. The average molecular weight is 336 g/mol. The van der Waals surface area contributed by atoms with Crippen LogP contribution in [0, 0.1) is 0 Å². The number of hydrogen-bond donors (Lipinski definition) is 1. The van der Waals surface area contributed by atoms with Gasteiger partial charge >= 0.3 is 0 Å². The van der Waals surface area contributed by atoms with E-state index in [9.17, 15) is 0 Å².